The number of carboxylic acids is 1. The number of hydrogen-bond donors (Lipinski definition) is 1. The first kappa shape index (κ1) is 16.5. The number of aliphatic carboxylic acids is 1. The molecule has 0 spiro atoms. The average molecular weight is 363 g/mol. The Morgan fingerprint density at radius 3 is 2.05 bits per heavy atom. The van der Waals surface area contributed by atoms with Gasteiger partial charge in [-0.15, -0.1) is 0 Å². The highest BCUT2D eigenvalue weighted by atomic mass is 79.9. The van der Waals surface area contributed by atoms with E-state index in [1.165, 1.54) is 0 Å². The third-order valence-corrected chi connectivity index (χ3v) is 2.76. The van der Waals surface area contributed by atoms with Crippen LogP contribution in [0.5, 0.6) is 0 Å². The van der Waals surface area contributed by atoms with Gasteiger partial charge in [-0.25, -0.2) is 4.79 Å². The first-order chi connectivity index (χ1) is 8.93. The topological polar surface area (TPSA) is 37.3 Å². The Labute approximate surface area is 116 Å². The molecular formula is C11H5BrF6O2. The van der Waals surface area contributed by atoms with Gasteiger partial charge in [0, 0.05) is 10.5 Å². The van der Waals surface area contributed by atoms with E-state index in [1.54, 1.807) is 0 Å². The monoisotopic (exact) mass is 362 g/mol. The lowest BCUT2D eigenvalue weighted by atomic mass is 10.0. The SMILES string of the molecule is O=C(O)/C=C/c1cc(C(F)(F)F)cc(Br)c1C(F)(F)F. The molecule has 1 N–H and O–H groups in total. The third kappa shape index (κ3) is 3.99. The Balaban J connectivity index is 3.57. The minimum absolute atomic E-state index is 0.243. The Kier molecular flexibility index (Phi) is 4.52. The van der Waals surface area contributed by atoms with Crippen LogP contribution in [0.3, 0.4) is 0 Å². The number of alkyl halides is 6. The van der Waals surface area contributed by atoms with Crippen molar-refractivity contribution < 1.29 is 36.2 Å². The molecule has 1 aromatic rings. The van der Waals surface area contributed by atoms with Crippen LogP contribution < -0.4 is 0 Å². The molecule has 0 aromatic heterocycles. The van der Waals surface area contributed by atoms with Crippen molar-refractivity contribution in [3.05, 3.63) is 39.4 Å². The quantitative estimate of drug-likeness (QED) is 0.617. The average Bonchev–Trinajstić information content (AvgIpc) is 2.22. The molecule has 20 heavy (non-hydrogen) atoms. The minimum atomic E-state index is -4.93. The van der Waals surface area contributed by atoms with Gasteiger partial charge in [0.05, 0.1) is 11.1 Å². The normalized spacial score (nSPS) is 12.9. The molecule has 110 valence electrons. The summed E-state index contributed by atoms with van der Waals surface area (Å²) in [5, 5.41) is 8.36. The van der Waals surface area contributed by atoms with Crippen LogP contribution in [0.25, 0.3) is 6.08 Å². The van der Waals surface area contributed by atoms with Gasteiger partial charge in [0.15, 0.2) is 0 Å². The largest absolute Gasteiger partial charge is 0.478 e. The molecule has 9 heteroatoms. The lowest BCUT2D eigenvalue weighted by Gasteiger charge is -2.16. The Hall–Kier alpha value is -1.51. The molecule has 0 atom stereocenters. The molecule has 0 aliphatic rings. The van der Waals surface area contributed by atoms with E-state index in [4.69, 9.17) is 5.11 Å². The highest BCUT2D eigenvalue weighted by molar-refractivity contribution is 9.10. The van der Waals surface area contributed by atoms with Crippen LogP contribution in [0.1, 0.15) is 16.7 Å². The molecule has 0 saturated heterocycles. The second-order valence-electron chi connectivity index (χ2n) is 3.59. The fourth-order valence-corrected chi connectivity index (χ4v) is 2.08. The highest BCUT2D eigenvalue weighted by Gasteiger charge is 2.38. The Morgan fingerprint density at radius 1 is 1.10 bits per heavy atom. The zero-order valence-corrected chi connectivity index (χ0v) is 10.9. The summed E-state index contributed by atoms with van der Waals surface area (Å²) in [6.45, 7) is 0. The summed E-state index contributed by atoms with van der Waals surface area (Å²) in [4.78, 5) is 10.3. The number of carboxylic acid groups (broad SMARTS) is 1. The molecular weight excluding hydrogens is 358 g/mol. The van der Waals surface area contributed by atoms with Crippen molar-refractivity contribution in [1.82, 2.24) is 0 Å². The van der Waals surface area contributed by atoms with E-state index in [-0.39, 0.29) is 6.07 Å². The lowest BCUT2D eigenvalue weighted by Crippen LogP contribution is -2.12. The maximum Gasteiger partial charge on any atom is 0.418 e. The zero-order valence-electron chi connectivity index (χ0n) is 9.31. The van der Waals surface area contributed by atoms with E-state index in [0.29, 0.717) is 18.2 Å². The molecule has 0 unspecified atom stereocenters. The van der Waals surface area contributed by atoms with Crippen molar-refractivity contribution in [2.75, 3.05) is 0 Å². The van der Waals surface area contributed by atoms with Crippen LogP contribution in [-0.2, 0) is 17.1 Å². The van der Waals surface area contributed by atoms with Crippen LogP contribution in [-0.4, -0.2) is 11.1 Å². The number of hydrogen-bond acceptors (Lipinski definition) is 1. The van der Waals surface area contributed by atoms with Gasteiger partial charge in [0.25, 0.3) is 0 Å². The first-order valence-corrected chi connectivity index (χ1v) is 5.61. The van der Waals surface area contributed by atoms with Gasteiger partial charge in [0.2, 0.25) is 0 Å². The maximum absolute atomic E-state index is 12.8. The van der Waals surface area contributed by atoms with E-state index >= 15 is 0 Å². The molecule has 0 fully saturated rings. The molecule has 0 heterocycles. The van der Waals surface area contributed by atoms with Crippen molar-refractivity contribution >= 4 is 28.0 Å². The second-order valence-corrected chi connectivity index (χ2v) is 4.44. The summed E-state index contributed by atoms with van der Waals surface area (Å²) >= 11 is 2.43. The predicted molar refractivity (Wildman–Crippen MR) is 60.8 cm³/mol. The van der Waals surface area contributed by atoms with Crippen LogP contribution in [0, 0.1) is 0 Å². The van der Waals surface area contributed by atoms with Gasteiger partial charge in [-0.2, -0.15) is 26.3 Å². The van der Waals surface area contributed by atoms with Gasteiger partial charge in [-0.3, -0.25) is 0 Å². The molecule has 1 aromatic carbocycles. The van der Waals surface area contributed by atoms with Crippen molar-refractivity contribution in [1.29, 1.82) is 0 Å². The summed E-state index contributed by atoms with van der Waals surface area (Å²) in [7, 11) is 0. The third-order valence-electron chi connectivity index (χ3n) is 2.14. The van der Waals surface area contributed by atoms with Crippen LogP contribution in [0.4, 0.5) is 26.3 Å². The Morgan fingerprint density at radius 2 is 1.65 bits per heavy atom. The van der Waals surface area contributed by atoms with Crippen LogP contribution >= 0.6 is 15.9 Å². The fraction of sp³-hybridized carbons (Fsp3) is 0.182. The molecule has 0 saturated carbocycles. The van der Waals surface area contributed by atoms with E-state index < -0.39 is 39.5 Å². The van der Waals surface area contributed by atoms with Crippen LogP contribution in [0.2, 0.25) is 0 Å². The van der Waals surface area contributed by atoms with Gasteiger partial charge in [0.1, 0.15) is 0 Å². The summed E-state index contributed by atoms with van der Waals surface area (Å²) in [6, 6.07) is 0.536. The van der Waals surface area contributed by atoms with Gasteiger partial charge < -0.3 is 5.11 Å². The molecule has 0 aliphatic carbocycles. The summed E-state index contributed by atoms with van der Waals surface area (Å²) < 4.78 is 75.1. The molecule has 0 aliphatic heterocycles. The molecule has 1 rings (SSSR count). The standard InChI is InChI=1S/C11H5BrF6O2/c12-7-4-6(10(13,14)15)3-5(1-2-8(19)20)9(7)11(16,17)18/h1-4H,(H,19,20)/b2-1+. The van der Waals surface area contributed by atoms with E-state index in [9.17, 15) is 31.1 Å². The van der Waals surface area contributed by atoms with Gasteiger partial charge in [-0.05, 0) is 23.8 Å². The first-order valence-electron chi connectivity index (χ1n) is 4.82. The lowest BCUT2D eigenvalue weighted by molar-refractivity contribution is -0.142. The molecule has 2 nitrogen and oxygen atoms in total. The summed E-state index contributed by atoms with van der Waals surface area (Å²) in [5.74, 6) is -1.58. The number of halogens is 7. The van der Waals surface area contributed by atoms with E-state index in [0.717, 1.165) is 0 Å². The van der Waals surface area contributed by atoms with Crippen LogP contribution in [0.15, 0.2) is 22.7 Å². The smallest absolute Gasteiger partial charge is 0.418 e. The summed E-state index contributed by atoms with van der Waals surface area (Å²) in [6.07, 6.45) is -8.98. The number of carbonyl (C=O) groups is 1. The molecule has 0 radical (unpaired) electrons. The van der Waals surface area contributed by atoms with E-state index in [1.807, 2.05) is 0 Å². The number of benzene rings is 1. The summed E-state index contributed by atoms with van der Waals surface area (Å²) in [5.41, 5.74) is -3.58. The van der Waals surface area contributed by atoms with Crippen molar-refractivity contribution in [2.45, 2.75) is 12.4 Å². The van der Waals surface area contributed by atoms with E-state index in [2.05, 4.69) is 15.9 Å². The molecule has 0 amide bonds. The van der Waals surface area contributed by atoms with Gasteiger partial charge in [-0.1, -0.05) is 15.9 Å². The maximum atomic E-state index is 12.8. The predicted octanol–water partition coefficient (Wildman–Crippen LogP) is 4.58. The second kappa shape index (κ2) is 5.47. The Bertz CT molecular complexity index is 559. The highest BCUT2D eigenvalue weighted by Crippen LogP contribution is 2.41. The minimum Gasteiger partial charge on any atom is -0.478 e. The van der Waals surface area contributed by atoms with Crippen molar-refractivity contribution in [3.63, 3.8) is 0 Å². The fourth-order valence-electron chi connectivity index (χ4n) is 1.38. The van der Waals surface area contributed by atoms with Gasteiger partial charge >= 0.3 is 18.3 Å². The molecule has 0 bridgehead atoms. The number of rotatable bonds is 2. The van der Waals surface area contributed by atoms with Crippen molar-refractivity contribution in [3.8, 4) is 0 Å². The zero-order chi connectivity index (χ0) is 15.7. The van der Waals surface area contributed by atoms with Crippen molar-refractivity contribution in [2.24, 2.45) is 0 Å².